The van der Waals surface area contributed by atoms with Crippen molar-refractivity contribution in [1.29, 1.82) is 0 Å². The Hall–Kier alpha value is -0.990. The zero-order chi connectivity index (χ0) is 11.1. The van der Waals surface area contributed by atoms with Crippen molar-refractivity contribution in [1.82, 2.24) is 9.88 Å². The van der Waals surface area contributed by atoms with Gasteiger partial charge in [-0.15, -0.1) is 0 Å². The minimum Gasteiger partial charge on any atom is -0.346 e. The molecule has 0 fully saturated rings. The summed E-state index contributed by atoms with van der Waals surface area (Å²) in [7, 11) is 2.14. The first kappa shape index (κ1) is 10.2. The first-order valence-electron chi connectivity index (χ1n) is 5.74. The maximum absolute atomic E-state index is 6.09. The van der Waals surface area contributed by atoms with Crippen molar-refractivity contribution < 1.29 is 0 Å². The molecule has 1 aromatic heterocycles. The molecule has 1 aliphatic heterocycles. The summed E-state index contributed by atoms with van der Waals surface area (Å²) in [6.45, 7) is 2.08. The van der Waals surface area contributed by atoms with Crippen LogP contribution in [0.5, 0.6) is 0 Å². The number of aryl methyl sites for hydroxylation is 2. The first-order valence-corrected chi connectivity index (χ1v) is 6.11. The third-order valence-electron chi connectivity index (χ3n) is 3.47. The Morgan fingerprint density at radius 1 is 1.38 bits per heavy atom. The van der Waals surface area contributed by atoms with Crippen molar-refractivity contribution in [2.45, 2.75) is 19.4 Å². The van der Waals surface area contributed by atoms with Gasteiger partial charge in [-0.05, 0) is 43.1 Å². The van der Waals surface area contributed by atoms with Gasteiger partial charge in [0, 0.05) is 35.2 Å². The van der Waals surface area contributed by atoms with Crippen molar-refractivity contribution in [3.8, 4) is 0 Å². The van der Waals surface area contributed by atoms with Crippen molar-refractivity contribution in [3.63, 3.8) is 0 Å². The Balaban J connectivity index is 2.32. The van der Waals surface area contributed by atoms with Gasteiger partial charge in [0.05, 0.1) is 0 Å². The lowest BCUT2D eigenvalue weighted by Crippen LogP contribution is -2.14. The lowest BCUT2D eigenvalue weighted by Gasteiger charge is -2.04. The van der Waals surface area contributed by atoms with Gasteiger partial charge in [0.1, 0.15) is 0 Å². The fourth-order valence-corrected chi connectivity index (χ4v) is 2.82. The highest BCUT2D eigenvalue weighted by molar-refractivity contribution is 6.31. The zero-order valence-electron chi connectivity index (χ0n) is 9.39. The maximum Gasteiger partial charge on any atom is 0.0484 e. The third kappa shape index (κ3) is 1.45. The second kappa shape index (κ2) is 3.79. The van der Waals surface area contributed by atoms with E-state index in [2.05, 4.69) is 29.1 Å². The van der Waals surface area contributed by atoms with Gasteiger partial charge in [-0.1, -0.05) is 11.6 Å². The van der Waals surface area contributed by atoms with E-state index in [1.54, 1.807) is 0 Å². The largest absolute Gasteiger partial charge is 0.346 e. The van der Waals surface area contributed by atoms with E-state index < -0.39 is 0 Å². The molecule has 0 saturated heterocycles. The lowest BCUT2D eigenvalue weighted by molar-refractivity contribution is 0.661. The summed E-state index contributed by atoms with van der Waals surface area (Å²) in [5.41, 5.74) is 4.18. The Morgan fingerprint density at radius 3 is 3.12 bits per heavy atom. The third-order valence-corrected chi connectivity index (χ3v) is 3.71. The van der Waals surface area contributed by atoms with Crippen LogP contribution in [0.3, 0.4) is 0 Å². The second-order valence-electron chi connectivity index (χ2n) is 4.43. The molecule has 2 heterocycles. The van der Waals surface area contributed by atoms with Gasteiger partial charge in [0.15, 0.2) is 0 Å². The zero-order valence-corrected chi connectivity index (χ0v) is 10.1. The molecule has 1 aromatic carbocycles. The molecule has 2 aromatic rings. The van der Waals surface area contributed by atoms with Crippen LogP contribution in [0.1, 0.15) is 17.7 Å². The molecule has 1 aliphatic rings. The normalized spacial score (nSPS) is 16.1. The fraction of sp³-hybridized carbons (Fsp3) is 0.385. The number of fused-ring (bicyclic) bond motifs is 3. The summed E-state index contributed by atoms with van der Waals surface area (Å²) >= 11 is 6.09. The standard InChI is InChI=1S/C13H15ClN2/c1-16-12-5-4-9(14)7-11(12)10-3-2-6-15-8-13(10)16/h4-5,7,15H,2-3,6,8H2,1H3. The average molecular weight is 235 g/mol. The number of rotatable bonds is 0. The Labute approximate surface area is 100 Å². The SMILES string of the molecule is Cn1c2c(c3cc(Cl)ccc31)CCCNC2. The number of aromatic nitrogens is 1. The average Bonchev–Trinajstić information content (AvgIpc) is 2.47. The highest BCUT2D eigenvalue weighted by Gasteiger charge is 2.16. The van der Waals surface area contributed by atoms with Crippen LogP contribution in [0, 0.1) is 0 Å². The number of nitrogens with one attached hydrogen (secondary N) is 1. The highest BCUT2D eigenvalue weighted by atomic mass is 35.5. The van der Waals surface area contributed by atoms with Crippen molar-refractivity contribution in [3.05, 3.63) is 34.5 Å². The smallest absolute Gasteiger partial charge is 0.0484 e. The van der Waals surface area contributed by atoms with Gasteiger partial charge >= 0.3 is 0 Å². The van der Waals surface area contributed by atoms with E-state index in [-0.39, 0.29) is 0 Å². The molecule has 1 N–H and O–H groups in total. The van der Waals surface area contributed by atoms with Crippen LogP contribution in [0.2, 0.25) is 5.02 Å². The molecule has 3 rings (SSSR count). The first-order chi connectivity index (χ1) is 7.77. The molecule has 0 unspecified atom stereocenters. The predicted molar refractivity (Wildman–Crippen MR) is 68.0 cm³/mol. The van der Waals surface area contributed by atoms with Gasteiger partial charge in [0.25, 0.3) is 0 Å². The van der Waals surface area contributed by atoms with Crippen LogP contribution in [0.4, 0.5) is 0 Å². The molecule has 0 bridgehead atoms. The molecule has 0 atom stereocenters. The molecule has 0 radical (unpaired) electrons. The van der Waals surface area contributed by atoms with Crippen LogP contribution in [-0.4, -0.2) is 11.1 Å². The van der Waals surface area contributed by atoms with Gasteiger partial charge in [-0.25, -0.2) is 0 Å². The number of halogens is 1. The molecule has 16 heavy (non-hydrogen) atoms. The molecule has 2 nitrogen and oxygen atoms in total. The molecule has 84 valence electrons. The van der Waals surface area contributed by atoms with E-state index in [4.69, 9.17) is 11.6 Å². The van der Waals surface area contributed by atoms with Crippen LogP contribution in [0.15, 0.2) is 18.2 Å². The van der Waals surface area contributed by atoms with E-state index >= 15 is 0 Å². The summed E-state index contributed by atoms with van der Waals surface area (Å²) in [6.07, 6.45) is 2.36. The van der Waals surface area contributed by atoms with E-state index in [1.165, 1.54) is 28.6 Å². The van der Waals surface area contributed by atoms with Crippen molar-refractivity contribution >= 4 is 22.5 Å². The molecule has 0 spiro atoms. The van der Waals surface area contributed by atoms with Gasteiger partial charge in [-0.3, -0.25) is 0 Å². The predicted octanol–water partition coefficient (Wildman–Crippen LogP) is 2.87. The van der Waals surface area contributed by atoms with Crippen molar-refractivity contribution in [2.24, 2.45) is 7.05 Å². The molecular weight excluding hydrogens is 220 g/mol. The van der Waals surface area contributed by atoms with Gasteiger partial charge in [0.2, 0.25) is 0 Å². The minimum absolute atomic E-state index is 0.832. The number of hydrogen-bond donors (Lipinski definition) is 1. The van der Waals surface area contributed by atoms with Crippen LogP contribution in [-0.2, 0) is 20.0 Å². The number of hydrogen-bond acceptors (Lipinski definition) is 1. The molecule has 3 heteroatoms. The summed E-state index contributed by atoms with van der Waals surface area (Å²) in [6, 6.07) is 6.18. The molecule has 0 amide bonds. The summed E-state index contributed by atoms with van der Waals surface area (Å²) in [5, 5.41) is 5.63. The Bertz CT molecular complexity index is 542. The van der Waals surface area contributed by atoms with E-state index in [0.29, 0.717) is 0 Å². The monoisotopic (exact) mass is 234 g/mol. The van der Waals surface area contributed by atoms with Crippen LogP contribution >= 0.6 is 11.6 Å². The highest BCUT2D eigenvalue weighted by Crippen LogP contribution is 2.29. The second-order valence-corrected chi connectivity index (χ2v) is 4.86. The van der Waals surface area contributed by atoms with Crippen molar-refractivity contribution in [2.75, 3.05) is 6.54 Å². The molecule has 0 saturated carbocycles. The Kier molecular flexibility index (Phi) is 2.41. The van der Waals surface area contributed by atoms with E-state index in [9.17, 15) is 0 Å². The quantitative estimate of drug-likeness (QED) is 0.742. The van der Waals surface area contributed by atoms with Crippen LogP contribution < -0.4 is 5.32 Å². The van der Waals surface area contributed by atoms with Gasteiger partial charge < -0.3 is 9.88 Å². The maximum atomic E-state index is 6.09. The van der Waals surface area contributed by atoms with Gasteiger partial charge in [-0.2, -0.15) is 0 Å². The number of benzene rings is 1. The molecule has 0 aliphatic carbocycles. The number of nitrogens with zero attached hydrogens (tertiary/aromatic N) is 1. The molecular formula is C13H15ClN2. The topological polar surface area (TPSA) is 17.0 Å². The minimum atomic E-state index is 0.832. The summed E-state index contributed by atoms with van der Waals surface area (Å²) in [5.74, 6) is 0. The summed E-state index contributed by atoms with van der Waals surface area (Å²) in [4.78, 5) is 0. The van der Waals surface area contributed by atoms with E-state index in [1.807, 2.05) is 6.07 Å². The fourth-order valence-electron chi connectivity index (χ4n) is 2.65. The van der Waals surface area contributed by atoms with E-state index in [0.717, 1.165) is 24.5 Å². The lowest BCUT2D eigenvalue weighted by atomic mass is 10.1. The summed E-state index contributed by atoms with van der Waals surface area (Å²) < 4.78 is 2.29. The Morgan fingerprint density at radius 2 is 2.25 bits per heavy atom. The van der Waals surface area contributed by atoms with Crippen LogP contribution in [0.25, 0.3) is 10.9 Å².